The molecule has 0 fully saturated rings. The topological polar surface area (TPSA) is 17.1 Å². The Morgan fingerprint density at radius 2 is 2.18 bits per heavy atom. The summed E-state index contributed by atoms with van der Waals surface area (Å²) in [6.45, 7) is 2.04. The van der Waals surface area contributed by atoms with Crippen LogP contribution in [0.25, 0.3) is 6.08 Å². The van der Waals surface area contributed by atoms with Gasteiger partial charge in [-0.3, -0.25) is 0 Å². The molecule has 0 saturated carbocycles. The maximum absolute atomic E-state index is 11.2. The van der Waals surface area contributed by atoms with Crippen molar-refractivity contribution in [3.8, 4) is 0 Å². The van der Waals surface area contributed by atoms with Crippen LogP contribution in [0.3, 0.4) is 0 Å². The molecule has 11 heavy (non-hydrogen) atoms. The molecule has 1 aliphatic heterocycles. The van der Waals surface area contributed by atoms with Gasteiger partial charge in [0.05, 0.1) is 15.7 Å². The summed E-state index contributed by atoms with van der Waals surface area (Å²) < 4.78 is 11.2. The first-order chi connectivity index (χ1) is 5.27. The molecule has 0 radical (unpaired) electrons. The van der Waals surface area contributed by atoms with E-state index < -0.39 is 10.8 Å². The quantitative estimate of drug-likeness (QED) is 0.573. The van der Waals surface area contributed by atoms with Crippen molar-refractivity contribution >= 4 is 16.9 Å². The van der Waals surface area contributed by atoms with Gasteiger partial charge in [0, 0.05) is 5.41 Å². The molecular formula is C9H8OS. The third-order valence-corrected chi connectivity index (χ3v) is 2.94. The molecule has 2 heteroatoms. The third kappa shape index (κ3) is 1.03. The van der Waals surface area contributed by atoms with Crippen molar-refractivity contribution in [3.05, 3.63) is 34.7 Å². The van der Waals surface area contributed by atoms with Crippen molar-refractivity contribution in [2.45, 2.75) is 11.8 Å². The number of hydrogen-bond acceptors (Lipinski definition) is 1. The van der Waals surface area contributed by atoms with Crippen LogP contribution in [0.5, 0.6) is 0 Å². The lowest BCUT2D eigenvalue weighted by Crippen LogP contribution is -1.84. The average molecular weight is 164 g/mol. The van der Waals surface area contributed by atoms with E-state index in [-0.39, 0.29) is 0 Å². The summed E-state index contributed by atoms with van der Waals surface area (Å²) in [5, 5.41) is 1.73. The number of hydrogen-bond donors (Lipinski definition) is 0. The first-order valence-electron chi connectivity index (χ1n) is 3.47. The minimum atomic E-state index is -0.887. The van der Waals surface area contributed by atoms with Crippen molar-refractivity contribution in [1.29, 1.82) is 0 Å². The SMILES string of the molecule is Cc1ccc2c(c1)C=CS2=O. The van der Waals surface area contributed by atoms with Crippen molar-refractivity contribution in [3.63, 3.8) is 0 Å². The van der Waals surface area contributed by atoms with E-state index in [1.807, 2.05) is 25.1 Å². The standard InChI is InChI=1S/C9H8OS/c1-7-2-3-9-8(6-7)4-5-11(9)10/h2-6H,1H3. The second-order valence-corrected chi connectivity index (χ2v) is 3.95. The summed E-state index contributed by atoms with van der Waals surface area (Å²) in [6, 6.07) is 5.97. The summed E-state index contributed by atoms with van der Waals surface area (Å²) in [7, 11) is -0.887. The largest absolute Gasteiger partial charge is 0.250 e. The lowest BCUT2D eigenvalue weighted by Gasteiger charge is -1.97. The van der Waals surface area contributed by atoms with Gasteiger partial charge in [-0.2, -0.15) is 0 Å². The Morgan fingerprint density at radius 1 is 1.36 bits per heavy atom. The zero-order chi connectivity index (χ0) is 7.84. The number of fused-ring (bicyclic) bond motifs is 1. The maximum Gasteiger partial charge on any atom is 0.0782 e. The van der Waals surface area contributed by atoms with E-state index in [1.54, 1.807) is 5.41 Å². The van der Waals surface area contributed by atoms with Crippen LogP contribution in [0.15, 0.2) is 28.5 Å². The van der Waals surface area contributed by atoms with Crippen LogP contribution in [0, 0.1) is 6.92 Å². The molecule has 2 rings (SSSR count). The highest BCUT2D eigenvalue weighted by Gasteiger charge is 2.10. The first-order valence-corrected chi connectivity index (χ1v) is 4.68. The number of rotatable bonds is 0. The highest BCUT2D eigenvalue weighted by Crippen LogP contribution is 2.23. The molecule has 0 aliphatic carbocycles. The van der Waals surface area contributed by atoms with Crippen molar-refractivity contribution in [1.82, 2.24) is 0 Å². The molecule has 0 bridgehead atoms. The van der Waals surface area contributed by atoms with Gasteiger partial charge in [0.15, 0.2) is 0 Å². The van der Waals surface area contributed by atoms with E-state index in [0.29, 0.717) is 0 Å². The molecule has 0 amide bonds. The molecular weight excluding hydrogens is 156 g/mol. The fourth-order valence-corrected chi connectivity index (χ4v) is 2.17. The van der Waals surface area contributed by atoms with Gasteiger partial charge in [0.2, 0.25) is 0 Å². The van der Waals surface area contributed by atoms with E-state index in [0.717, 1.165) is 10.5 Å². The predicted octanol–water partition coefficient (Wildman–Crippen LogP) is 2.09. The molecule has 1 aromatic carbocycles. The smallest absolute Gasteiger partial charge is 0.0782 e. The van der Waals surface area contributed by atoms with Gasteiger partial charge in [-0.05, 0) is 24.6 Å². The van der Waals surface area contributed by atoms with E-state index in [2.05, 4.69) is 6.07 Å². The van der Waals surface area contributed by atoms with E-state index in [4.69, 9.17) is 0 Å². The fraction of sp³-hybridized carbons (Fsp3) is 0.111. The number of aryl methyl sites for hydroxylation is 1. The molecule has 0 N–H and O–H groups in total. The average Bonchev–Trinajstić information content (AvgIpc) is 2.32. The molecule has 0 aromatic heterocycles. The third-order valence-electron chi connectivity index (χ3n) is 1.75. The minimum Gasteiger partial charge on any atom is -0.250 e. The first kappa shape index (κ1) is 6.80. The molecule has 1 nitrogen and oxygen atoms in total. The van der Waals surface area contributed by atoms with Crippen LogP contribution < -0.4 is 0 Å². The second-order valence-electron chi connectivity index (χ2n) is 2.64. The molecule has 56 valence electrons. The summed E-state index contributed by atoms with van der Waals surface area (Å²) in [5.41, 5.74) is 2.32. The Bertz CT molecular complexity index is 353. The fourth-order valence-electron chi connectivity index (χ4n) is 1.19. The highest BCUT2D eigenvalue weighted by molar-refractivity contribution is 7.88. The van der Waals surface area contributed by atoms with E-state index >= 15 is 0 Å². The molecule has 0 saturated heterocycles. The molecule has 1 heterocycles. The second kappa shape index (κ2) is 2.31. The Balaban J connectivity index is 2.66. The molecule has 1 atom stereocenters. The normalized spacial score (nSPS) is 20.3. The Morgan fingerprint density at radius 3 is 3.00 bits per heavy atom. The van der Waals surface area contributed by atoms with Crippen molar-refractivity contribution in [2.24, 2.45) is 0 Å². The zero-order valence-corrected chi connectivity index (χ0v) is 7.02. The van der Waals surface area contributed by atoms with E-state index in [9.17, 15) is 4.21 Å². The van der Waals surface area contributed by atoms with Gasteiger partial charge in [-0.15, -0.1) is 0 Å². The van der Waals surface area contributed by atoms with Crippen LogP contribution in [0.2, 0.25) is 0 Å². The van der Waals surface area contributed by atoms with Crippen molar-refractivity contribution < 1.29 is 4.21 Å². The van der Waals surface area contributed by atoms with Gasteiger partial charge in [-0.25, -0.2) is 4.21 Å². The maximum atomic E-state index is 11.2. The Hall–Kier alpha value is -0.890. The number of benzene rings is 1. The predicted molar refractivity (Wildman–Crippen MR) is 46.6 cm³/mol. The van der Waals surface area contributed by atoms with Crippen molar-refractivity contribution in [2.75, 3.05) is 0 Å². The Labute approximate surface area is 68.2 Å². The molecule has 1 unspecified atom stereocenters. The summed E-state index contributed by atoms with van der Waals surface area (Å²) >= 11 is 0. The van der Waals surface area contributed by atoms with Gasteiger partial charge < -0.3 is 0 Å². The van der Waals surface area contributed by atoms with Gasteiger partial charge in [0.1, 0.15) is 0 Å². The summed E-state index contributed by atoms with van der Waals surface area (Å²) in [4.78, 5) is 0.940. The van der Waals surface area contributed by atoms with Gasteiger partial charge in [-0.1, -0.05) is 17.7 Å². The lowest BCUT2D eigenvalue weighted by molar-refractivity contribution is 0.689. The Kier molecular flexibility index (Phi) is 1.43. The lowest BCUT2D eigenvalue weighted by atomic mass is 10.1. The highest BCUT2D eigenvalue weighted by atomic mass is 32.2. The van der Waals surface area contributed by atoms with Gasteiger partial charge in [0.25, 0.3) is 0 Å². The van der Waals surface area contributed by atoms with Crippen LogP contribution in [0.1, 0.15) is 11.1 Å². The molecule has 1 aromatic rings. The summed E-state index contributed by atoms with van der Waals surface area (Å²) in [5.74, 6) is 0. The van der Waals surface area contributed by atoms with E-state index in [1.165, 1.54) is 5.56 Å². The van der Waals surface area contributed by atoms with Crippen LogP contribution in [0.4, 0.5) is 0 Å². The van der Waals surface area contributed by atoms with Crippen LogP contribution in [-0.2, 0) is 10.8 Å². The molecule has 0 spiro atoms. The minimum absolute atomic E-state index is 0.887. The summed E-state index contributed by atoms with van der Waals surface area (Å²) in [6.07, 6.45) is 1.92. The monoisotopic (exact) mass is 164 g/mol. The molecule has 1 aliphatic rings. The van der Waals surface area contributed by atoms with Gasteiger partial charge >= 0.3 is 0 Å². The van der Waals surface area contributed by atoms with Crippen LogP contribution >= 0.6 is 0 Å². The van der Waals surface area contributed by atoms with Crippen LogP contribution in [-0.4, -0.2) is 4.21 Å². The zero-order valence-electron chi connectivity index (χ0n) is 6.20.